The van der Waals surface area contributed by atoms with Crippen molar-refractivity contribution in [3.8, 4) is 11.4 Å². The van der Waals surface area contributed by atoms with E-state index in [1.54, 1.807) is 10.6 Å². The number of nitrogens with one attached hydrogen (secondary N) is 1. The van der Waals surface area contributed by atoms with E-state index in [9.17, 15) is 18.0 Å². The van der Waals surface area contributed by atoms with Crippen LogP contribution in [0.2, 0.25) is 0 Å². The van der Waals surface area contributed by atoms with E-state index in [-0.39, 0.29) is 11.9 Å². The van der Waals surface area contributed by atoms with Crippen LogP contribution in [0.15, 0.2) is 24.3 Å². The summed E-state index contributed by atoms with van der Waals surface area (Å²) in [7, 11) is 0. The maximum Gasteiger partial charge on any atom is 0.416 e. The largest absolute Gasteiger partial charge is 0.416 e. The van der Waals surface area contributed by atoms with E-state index in [0.29, 0.717) is 30.1 Å². The van der Waals surface area contributed by atoms with E-state index in [1.807, 2.05) is 0 Å². The molecule has 1 N–H and O–H groups in total. The molecule has 24 heavy (non-hydrogen) atoms. The molecule has 0 bridgehead atoms. The summed E-state index contributed by atoms with van der Waals surface area (Å²) in [6, 6.07) is 4.73. The van der Waals surface area contributed by atoms with Crippen LogP contribution in [0.5, 0.6) is 0 Å². The molecule has 126 valence electrons. The monoisotopic (exact) mass is 336 g/mol. The highest BCUT2D eigenvalue weighted by atomic mass is 19.4. The van der Waals surface area contributed by atoms with E-state index in [2.05, 4.69) is 15.5 Å². The van der Waals surface area contributed by atoms with Gasteiger partial charge in [-0.15, -0.1) is 10.2 Å². The fourth-order valence-corrected chi connectivity index (χ4v) is 3.02. The van der Waals surface area contributed by atoms with Crippen molar-refractivity contribution < 1.29 is 18.0 Å². The van der Waals surface area contributed by atoms with Crippen molar-refractivity contribution in [1.82, 2.24) is 20.1 Å². The second-order valence-corrected chi connectivity index (χ2v) is 6.23. The van der Waals surface area contributed by atoms with Crippen LogP contribution in [0.4, 0.5) is 13.2 Å². The zero-order valence-electron chi connectivity index (χ0n) is 12.7. The molecule has 1 aliphatic heterocycles. The van der Waals surface area contributed by atoms with Gasteiger partial charge in [0.1, 0.15) is 11.9 Å². The number of nitrogens with zero attached hydrogens (tertiary/aromatic N) is 3. The summed E-state index contributed by atoms with van der Waals surface area (Å²) < 4.78 is 40.5. The Hall–Kier alpha value is -2.38. The Morgan fingerprint density at radius 2 is 2.00 bits per heavy atom. The average molecular weight is 336 g/mol. The zero-order valence-corrected chi connectivity index (χ0v) is 12.7. The minimum Gasteiger partial charge on any atom is -0.352 e. The van der Waals surface area contributed by atoms with Gasteiger partial charge in [-0.2, -0.15) is 13.2 Å². The maximum absolute atomic E-state index is 12.9. The van der Waals surface area contributed by atoms with E-state index in [1.165, 1.54) is 6.07 Å². The van der Waals surface area contributed by atoms with Gasteiger partial charge in [-0.25, -0.2) is 0 Å². The van der Waals surface area contributed by atoms with Gasteiger partial charge in [0.05, 0.1) is 5.56 Å². The Bertz CT molecular complexity index is 795. The summed E-state index contributed by atoms with van der Waals surface area (Å²) in [5, 5.41) is 11.0. The maximum atomic E-state index is 12.9. The molecule has 2 heterocycles. The molecule has 8 heteroatoms. The molecular weight excluding hydrogens is 321 g/mol. The molecule has 1 aliphatic carbocycles. The molecule has 2 aliphatic rings. The lowest BCUT2D eigenvalue weighted by atomic mass is 10.1. The topological polar surface area (TPSA) is 59.8 Å². The fourth-order valence-electron chi connectivity index (χ4n) is 3.02. The number of hydrogen-bond acceptors (Lipinski definition) is 3. The Labute approximate surface area is 135 Å². The molecule has 1 aromatic carbocycles. The minimum atomic E-state index is -4.42. The number of aryl methyl sites for hydroxylation is 1. The van der Waals surface area contributed by atoms with Crippen LogP contribution in [-0.2, 0) is 17.4 Å². The van der Waals surface area contributed by atoms with E-state index < -0.39 is 17.8 Å². The van der Waals surface area contributed by atoms with Gasteiger partial charge in [0.15, 0.2) is 5.82 Å². The highest BCUT2D eigenvalue weighted by molar-refractivity contribution is 5.82. The number of halogens is 3. The van der Waals surface area contributed by atoms with Crippen molar-refractivity contribution in [2.45, 2.75) is 43.9 Å². The van der Waals surface area contributed by atoms with Crippen molar-refractivity contribution in [1.29, 1.82) is 0 Å². The molecular formula is C16H15F3N4O. The van der Waals surface area contributed by atoms with E-state index >= 15 is 0 Å². The first kappa shape index (κ1) is 15.2. The third-order valence-corrected chi connectivity index (χ3v) is 4.39. The first-order chi connectivity index (χ1) is 11.4. The van der Waals surface area contributed by atoms with Crippen LogP contribution in [-0.4, -0.2) is 26.7 Å². The lowest BCUT2D eigenvalue weighted by molar-refractivity contribution is -0.137. The average Bonchev–Trinajstić information content (AvgIpc) is 3.09. The Kier molecular flexibility index (Phi) is 3.36. The smallest absolute Gasteiger partial charge is 0.352 e. The molecule has 0 radical (unpaired) electrons. The van der Waals surface area contributed by atoms with Crippen LogP contribution in [0.3, 0.4) is 0 Å². The van der Waals surface area contributed by atoms with Gasteiger partial charge in [-0.3, -0.25) is 9.36 Å². The molecule has 1 atom stereocenters. The van der Waals surface area contributed by atoms with Crippen molar-refractivity contribution in [2.24, 2.45) is 0 Å². The summed E-state index contributed by atoms with van der Waals surface area (Å²) in [6.45, 7) is 0. The van der Waals surface area contributed by atoms with Gasteiger partial charge in [-0.05, 0) is 31.4 Å². The van der Waals surface area contributed by atoms with Crippen molar-refractivity contribution in [3.05, 3.63) is 35.7 Å². The van der Waals surface area contributed by atoms with Gasteiger partial charge < -0.3 is 5.32 Å². The number of carbonyl (C=O) groups excluding carboxylic acids is 1. The quantitative estimate of drug-likeness (QED) is 0.937. The first-order valence-electron chi connectivity index (χ1n) is 7.85. The van der Waals surface area contributed by atoms with Crippen LogP contribution < -0.4 is 5.32 Å². The number of fused-ring (bicyclic) bond motifs is 1. The first-order valence-corrected chi connectivity index (χ1v) is 7.85. The number of aromatic nitrogens is 3. The van der Waals surface area contributed by atoms with Crippen LogP contribution in [0.1, 0.15) is 36.7 Å². The summed E-state index contributed by atoms with van der Waals surface area (Å²) in [6.07, 6.45) is -1.28. The molecule has 4 rings (SSSR count). The standard InChI is InChI=1S/C16H15F3N4O/c17-16(18,19)10-3-1-2-9(8-10)14-22-21-13-7-6-12(23(13)14)15(24)20-11-4-5-11/h1-3,8,11-12H,4-7H2,(H,20,24). The molecule has 1 saturated carbocycles. The third-order valence-electron chi connectivity index (χ3n) is 4.39. The number of carbonyl (C=O) groups is 1. The van der Waals surface area contributed by atoms with Crippen molar-refractivity contribution >= 4 is 5.91 Å². The molecule has 0 spiro atoms. The summed E-state index contributed by atoms with van der Waals surface area (Å²) in [5.41, 5.74) is -0.427. The minimum absolute atomic E-state index is 0.107. The normalized spacial score (nSPS) is 20.0. The van der Waals surface area contributed by atoms with E-state index in [0.717, 1.165) is 25.0 Å². The predicted molar refractivity (Wildman–Crippen MR) is 79.0 cm³/mol. The number of amides is 1. The molecule has 5 nitrogen and oxygen atoms in total. The molecule has 2 aromatic rings. The lowest BCUT2D eigenvalue weighted by Crippen LogP contribution is -2.32. The van der Waals surface area contributed by atoms with Crippen LogP contribution >= 0.6 is 0 Å². The molecule has 1 fully saturated rings. The highest BCUT2D eigenvalue weighted by Crippen LogP contribution is 2.35. The molecule has 1 amide bonds. The number of alkyl halides is 3. The summed E-state index contributed by atoms with van der Waals surface area (Å²) in [4.78, 5) is 12.4. The number of rotatable bonds is 3. The van der Waals surface area contributed by atoms with Crippen LogP contribution in [0.25, 0.3) is 11.4 Å². The summed E-state index contributed by atoms with van der Waals surface area (Å²) in [5.74, 6) is 0.840. The van der Waals surface area contributed by atoms with Gasteiger partial charge in [0, 0.05) is 18.0 Å². The molecule has 1 aromatic heterocycles. The zero-order chi connectivity index (χ0) is 16.9. The summed E-state index contributed by atoms with van der Waals surface area (Å²) >= 11 is 0. The SMILES string of the molecule is O=C(NC1CC1)C1CCc2nnc(-c3cccc(C(F)(F)F)c3)n21. The van der Waals surface area contributed by atoms with Crippen LogP contribution in [0, 0.1) is 0 Å². The van der Waals surface area contributed by atoms with Gasteiger partial charge >= 0.3 is 6.18 Å². The molecule has 0 saturated heterocycles. The number of hydrogen-bond donors (Lipinski definition) is 1. The Morgan fingerprint density at radius 1 is 1.21 bits per heavy atom. The third kappa shape index (κ3) is 2.65. The Balaban J connectivity index is 1.70. The second-order valence-electron chi connectivity index (χ2n) is 6.23. The van der Waals surface area contributed by atoms with Gasteiger partial charge in [-0.1, -0.05) is 12.1 Å². The van der Waals surface area contributed by atoms with Crippen molar-refractivity contribution in [3.63, 3.8) is 0 Å². The van der Waals surface area contributed by atoms with E-state index in [4.69, 9.17) is 0 Å². The lowest BCUT2D eigenvalue weighted by Gasteiger charge is -2.15. The molecule has 1 unspecified atom stereocenters. The fraction of sp³-hybridized carbons (Fsp3) is 0.438. The Morgan fingerprint density at radius 3 is 2.71 bits per heavy atom. The highest BCUT2D eigenvalue weighted by Gasteiger charge is 2.36. The van der Waals surface area contributed by atoms with Gasteiger partial charge in [0.2, 0.25) is 5.91 Å². The predicted octanol–water partition coefficient (Wildman–Crippen LogP) is 2.73. The van der Waals surface area contributed by atoms with Gasteiger partial charge in [0.25, 0.3) is 0 Å². The number of benzene rings is 1. The second kappa shape index (κ2) is 5.32. The van der Waals surface area contributed by atoms with Crippen molar-refractivity contribution in [2.75, 3.05) is 0 Å².